The maximum absolute atomic E-state index is 12.7. The van der Waals surface area contributed by atoms with Crippen LogP contribution in [0.15, 0.2) is 70.6 Å². The van der Waals surface area contributed by atoms with Gasteiger partial charge in [0.05, 0.1) is 28.1 Å². The molecule has 0 aliphatic heterocycles. The molecule has 1 amide bonds. The number of sulfonamides is 1. The second kappa shape index (κ2) is 8.72. The maximum Gasteiger partial charge on any atom is 0.252 e. The van der Waals surface area contributed by atoms with Crippen LogP contribution in [0.1, 0.15) is 5.56 Å². The van der Waals surface area contributed by atoms with E-state index in [1.807, 2.05) is 47.0 Å². The van der Waals surface area contributed by atoms with Crippen molar-refractivity contribution in [1.29, 1.82) is 0 Å². The topological polar surface area (TPSA) is 104 Å². The van der Waals surface area contributed by atoms with Crippen LogP contribution in [0.3, 0.4) is 0 Å². The highest BCUT2D eigenvalue weighted by atomic mass is 32.2. The summed E-state index contributed by atoms with van der Waals surface area (Å²) in [5.41, 5.74) is 1.65. The lowest BCUT2D eigenvalue weighted by atomic mass is 10.1. The van der Waals surface area contributed by atoms with Gasteiger partial charge in [0.15, 0.2) is 4.80 Å². The average molecular weight is 456 g/mol. The molecule has 0 atom stereocenters. The van der Waals surface area contributed by atoms with Gasteiger partial charge in [-0.15, -0.1) is 0 Å². The first-order valence-corrected chi connectivity index (χ1v) is 11.9. The summed E-state index contributed by atoms with van der Waals surface area (Å²) < 4.78 is 31.1. The van der Waals surface area contributed by atoms with E-state index >= 15 is 0 Å². The number of carbonyl (C=O) groups excluding carboxylic acids is 1. The molecular formula is C22H21N3O4S2. The van der Waals surface area contributed by atoms with Crippen LogP contribution >= 0.6 is 11.3 Å². The number of nitrogens with two attached hydrogens (primary N) is 1. The summed E-state index contributed by atoms with van der Waals surface area (Å²) in [6.07, 6.45) is 0.172. The van der Waals surface area contributed by atoms with E-state index in [4.69, 9.17) is 9.88 Å². The molecule has 0 aliphatic carbocycles. The van der Waals surface area contributed by atoms with Crippen LogP contribution in [0.4, 0.5) is 0 Å². The van der Waals surface area contributed by atoms with Crippen LogP contribution in [-0.4, -0.2) is 32.6 Å². The van der Waals surface area contributed by atoms with Crippen LogP contribution in [-0.2, 0) is 32.5 Å². The van der Waals surface area contributed by atoms with E-state index in [0.717, 1.165) is 21.9 Å². The Kier molecular flexibility index (Phi) is 6.01. The van der Waals surface area contributed by atoms with Gasteiger partial charge in [0.25, 0.3) is 5.91 Å². The first-order chi connectivity index (χ1) is 14.8. The molecule has 1 aromatic heterocycles. The molecule has 31 heavy (non-hydrogen) atoms. The van der Waals surface area contributed by atoms with E-state index in [9.17, 15) is 13.2 Å². The summed E-state index contributed by atoms with van der Waals surface area (Å²) in [5.74, 6) is -0.278. The number of nitrogens with zero attached hydrogens (tertiary/aromatic N) is 2. The van der Waals surface area contributed by atoms with Gasteiger partial charge in [-0.3, -0.25) is 4.79 Å². The number of benzene rings is 3. The lowest BCUT2D eigenvalue weighted by Crippen LogP contribution is -2.19. The predicted molar refractivity (Wildman–Crippen MR) is 121 cm³/mol. The highest BCUT2D eigenvalue weighted by molar-refractivity contribution is 7.89. The van der Waals surface area contributed by atoms with E-state index < -0.39 is 10.0 Å². The van der Waals surface area contributed by atoms with Crippen molar-refractivity contribution in [1.82, 2.24) is 4.57 Å². The van der Waals surface area contributed by atoms with Crippen molar-refractivity contribution in [3.8, 4) is 0 Å². The molecule has 1 heterocycles. The number of ether oxygens (including phenoxy) is 1. The minimum atomic E-state index is -3.82. The van der Waals surface area contributed by atoms with Crippen molar-refractivity contribution in [3.63, 3.8) is 0 Å². The second-order valence-electron chi connectivity index (χ2n) is 7.07. The Morgan fingerprint density at radius 2 is 1.87 bits per heavy atom. The van der Waals surface area contributed by atoms with E-state index in [2.05, 4.69) is 4.99 Å². The number of thiazole rings is 1. The number of rotatable bonds is 6. The number of hydrogen-bond donors (Lipinski definition) is 1. The Hall–Kier alpha value is -2.85. The number of primary sulfonamides is 1. The molecular weight excluding hydrogens is 434 g/mol. The first-order valence-electron chi connectivity index (χ1n) is 9.55. The predicted octanol–water partition coefficient (Wildman–Crippen LogP) is 2.82. The molecule has 0 saturated carbocycles. The van der Waals surface area contributed by atoms with Gasteiger partial charge >= 0.3 is 0 Å². The van der Waals surface area contributed by atoms with E-state index in [1.165, 1.54) is 23.5 Å². The molecule has 160 valence electrons. The van der Waals surface area contributed by atoms with Gasteiger partial charge < -0.3 is 9.30 Å². The summed E-state index contributed by atoms with van der Waals surface area (Å²) in [6.45, 7) is 0.905. The van der Waals surface area contributed by atoms with Gasteiger partial charge in [-0.25, -0.2) is 13.6 Å². The number of aromatic nitrogens is 1. The molecule has 2 N–H and O–H groups in total. The number of carbonyl (C=O) groups is 1. The van der Waals surface area contributed by atoms with Crippen LogP contribution in [0.2, 0.25) is 0 Å². The summed E-state index contributed by atoms with van der Waals surface area (Å²) >= 11 is 1.25. The Morgan fingerprint density at radius 3 is 2.61 bits per heavy atom. The molecule has 0 bridgehead atoms. The minimum absolute atomic E-state index is 0.0224. The molecule has 7 nitrogen and oxygen atoms in total. The van der Waals surface area contributed by atoms with Gasteiger partial charge in [-0.2, -0.15) is 4.99 Å². The standard InChI is InChI=1S/C22H21N3O4S2/c1-29-11-10-25-19-9-8-18(31(23,27)28)14-20(19)30-22(25)24-21(26)13-15-6-7-16-4-2-3-5-17(16)12-15/h2-9,12,14H,10-11,13H2,1H3,(H2,23,27,28). The third-order valence-electron chi connectivity index (χ3n) is 4.89. The number of hydrogen-bond acceptors (Lipinski definition) is 5. The molecule has 3 aromatic carbocycles. The van der Waals surface area contributed by atoms with Crippen molar-refractivity contribution in [2.75, 3.05) is 13.7 Å². The minimum Gasteiger partial charge on any atom is -0.383 e. The summed E-state index contributed by atoms with van der Waals surface area (Å²) in [4.78, 5) is 17.6. The molecule has 9 heteroatoms. The normalized spacial score (nSPS) is 12.6. The SMILES string of the molecule is COCCn1c(=NC(=O)Cc2ccc3ccccc3c2)sc2cc(S(N)(=O)=O)ccc21. The van der Waals surface area contributed by atoms with Crippen molar-refractivity contribution >= 4 is 48.3 Å². The maximum atomic E-state index is 12.7. The molecule has 0 fully saturated rings. The quantitative estimate of drug-likeness (QED) is 0.483. The molecule has 4 rings (SSSR count). The molecule has 0 saturated heterocycles. The van der Waals surface area contributed by atoms with Gasteiger partial charge in [0.1, 0.15) is 0 Å². The smallest absolute Gasteiger partial charge is 0.252 e. The van der Waals surface area contributed by atoms with E-state index in [-0.39, 0.29) is 17.2 Å². The number of methoxy groups -OCH3 is 1. The Morgan fingerprint density at radius 1 is 1.10 bits per heavy atom. The Balaban J connectivity index is 1.72. The molecule has 0 radical (unpaired) electrons. The van der Waals surface area contributed by atoms with Crippen LogP contribution in [0.5, 0.6) is 0 Å². The summed E-state index contributed by atoms with van der Waals surface area (Å²) in [7, 11) is -2.23. The highest BCUT2D eigenvalue weighted by Crippen LogP contribution is 2.21. The van der Waals surface area contributed by atoms with Gasteiger partial charge in [-0.1, -0.05) is 53.8 Å². The number of fused-ring (bicyclic) bond motifs is 2. The zero-order chi connectivity index (χ0) is 22.0. The van der Waals surface area contributed by atoms with Crippen molar-refractivity contribution in [3.05, 3.63) is 71.0 Å². The Bertz CT molecular complexity index is 1450. The Labute approximate surface area is 183 Å². The fourth-order valence-electron chi connectivity index (χ4n) is 3.38. The van der Waals surface area contributed by atoms with Gasteiger partial charge in [0, 0.05) is 13.7 Å². The summed E-state index contributed by atoms with van der Waals surface area (Å²) in [6, 6.07) is 18.5. The fourth-order valence-corrected chi connectivity index (χ4v) is 5.11. The second-order valence-corrected chi connectivity index (χ2v) is 9.64. The average Bonchev–Trinajstić information content (AvgIpc) is 3.07. The van der Waals surface area contributed by atoms with Crippen LogP contribution < -0.4 is 9.94 Å². The van der Waals surface area contributed by atoms with Crippen molar-refractivity contribution in [2.45, 2.75) is 17.9 Å². The molecule has 0 aliphatic rings. The van der Waals surface area contributed by atoms with Crippen molar-refractivity contribution < 1.29 is 17.9 Å². The van der Waals surface area contributed by atoms with Crippen LogP contribution in [0, 0.1) is 0 Å². The van der Waals surface area contributed by atoms with Gasteiger partial charge in [0.2, 0.25) is 10.0 Å². The monoisotopic (exact) mass is 455 g/mol. The van der Waals surface area contributed by atoms with Gasteiger partial charge in [-0.05, 0) is 34.5 Å². The lowest BCUT2D eigenvalue weighted by molar-refractivity contribution is -0.117. The highest BCUT2D eigenvalue weighted by Gasteiger charge is 2.13. The molecule has 0 spiro atoms. The first kappa shape index (κ1) is 21.4. The van der Waals surface area contributed by atoms with E-state index in [1.54, 1.807) is 13.2 Å². The van der Waals surface area contributed by atoms with E-state index in [0.29, 0.717) is 22.7 Å². The molecule has 0 unspecified atom stereocenters. The van der Waals surface area contributed by atoms with Crippen molar-refractivity contribution in [2.24, 2.45) is 10.1 Å². The molecule has 4 aromatic rings. The zero-order valence-corrected chi connectivity index (χ0v) is 18.4. The number of amides is 1. The van der Waals surface area contributed by atoms with Crippen LogP contribution in [0.25, 0.3) is 21.0 Å². The zero-order valence-electron chi connectivity index (χ0n) is 16.8. The largest absolute Gasteiger partial charge is 0.383 e. The third-order valence-corrected chi connectivity index (χ3v) is 6.84. The lowest BCUT2D eigenvalue weighted by Gasteiger charge is -2.05. The summed E-state index contributed by atoms with van der Waals surface area (Å²) in [5, 5.41) is 7.44. The fraction of sp³-hybridized carbons (Fsp3) is 0.182. The third kappa shape index (κ3) is 4.75.